The molecule has 0 spiro atoms. The molecule has 0 aromatic carbocycles. The molecule has 0 radical (unpaired) electrons. The molecule has 3 nitrogen and oxygen atoms in total. The number of aryl methyl sites for hydroxylation is 2. The van der Waals surface area contributed by atoms with Gasteiger partial charge in [0.05, 0.1) is 6.54 Å². The average Bonchev–Trinajstić information content (AvgIpc) is 2.89. The van der Waals surface area contributed by atoms with Crippen molar-refractivity contribution in [3.05, 3.63) is 38.4 Å². The van der Waals surface area contributed by atoms with Crippen LogP contribution in [0, 0.1) is 6.92 Å². The summed E-state index contributed by atoms with van der Waals surface area (Å²) in [6, 6.07) is 4.35. The molecular formula is C15H20ClN3S. The zero-order valence-electron chi connectivity index (χ0n) is 12.2. The molecule has 5 heteroatoms. The van der Waals surface area contributed by atoms with E-state index in [9.17, 15) is 0 Å². The van der Waals surface area contributed by atoms with E-state index in [0.29, 0.717) is 5.15 Å². The van der Waals surface area contributed by atoms with Crippen molar-refractivity contribution in [1.82, 2.24) is 9.97 Å². The SMILES string of the molecule is CCCc1nc(Cl)c(C)c(NCc2ccc(CC)s2)n1. The molecule has 0 fully saturated rings. The quantitative estimate of drug-likeness (QED) is 0.791. The van der Waals surface area contributed by atoms with E-state index >= 15 is 0 Å². The lowest BCUT2D eigenvalue weighted by Gasteiger charge is -2.10. The Morgan fingerprint density at radius 2 is 1.95 bits per heavy atom. The Morgan fingerprint density at radius 1 is 1.20 bits per heavy atom. The van der Waals surface area contributed by atoms with Gasteiger partial charge in [-0.3, -0.25) is 0 Å². The fourth-order valence-electron chi connectivity index (χ4n) is 1.92. The van der Waals surface area contributed by atoms with Gasteiger partial charge < -0.3 is 5.32 Å². The summed E-state index contributed by atoms with van der Waals surface area (Å²) in [6.07, 6.45) is 2.96. The lowest BCUT2D eigenvalue weighted by Crippen LogP contribution is -2.06. The van der Waals surface area contributed by atoms with Gasteiger partial charge in [0.2, 0.25) is 0 Å². The molecule has 2 rings (SSSR count). The van der Waals surface area contributed by atoms with Crippen LogP contribution in [-0.2, 0) is 19.4 Å². The topological polar surface area (TPSA) is 37.8 Å². The van der Waals surface area contributed by atoms with Gasteiger partial charge in [-0.25, -0.2) is 9.97 Å². The zero-order valence-corrected chi connectivity index (χ0v) is 13.7. The third-order valence-corrected chi connectivity index (χ3v) is 4.70. The number of hydrogen-bond donors (Lipinski definition) is 1. The summed E-state index contributed by atoms with van der Waals surface area (Å²) in [4.78, 5) is 11.6. The number of thiophene rings is 1. The predicted molar refractivity (Wildman–Crippen MR) is 86.8 cm³/mol. The largest absolute Gasteiger partial charge is 0.365 e. The molecule has 2 aromatic heterocycles. The maximum Gasteiger partial charge on any atom is 0.137 e. The number of nitrogens with one attached hydrogen (secondary N) is 1. The summed E-state index contributed by atoms with van der Waals surface area (Å²) >= 11 is 8.01. The van der Waals surface area contributed by atoms with Crippen LogP contribution in [0.3, 0.4) is 0 Å². The Labute approximate surface area is 129 Å². The van der Waals surface area contributed by atoms with Crippen molar-refractivity contribution in [2.24, 2.45) is 0 Å². The molecule has 20 heavy (non-hydrogen) atoms. The van der Waals surface area contributed by atoms with Gasteiger partial charge >= 0.3 is 0 Å². The van der Waals surface area contributed by atoms with Crippen LogP contribution in [0.1, 0.15) is 41.4 Å². The highest BCUT2D eigenvalue weighted by Crippen LogP contribution is 2.23. The third kappa shape index (κ3) is 3.70. The number of rotatable bonds is 6. The van der Waals surface area contributed by atoms with Crippen molar-refractivity contribution >= 4 is 28.8 Å². The van der Waals surface area contributed by atoms with Gasteiger partial charge in [-0.1, -0.05) is 25.4 Å². The lowest BCUT2D eigenvalue weighted by atomic mass is 10.3. The van der Waals surface area contributed by atoms with Crippen LogP contribution in [0.15, 0.2) is 12.1 Å². The smallest absolute Gasteiger partial charge is 0.137 e. The van der Waals surface area contributed by atoms with E-state index in [-0.39, 0.29) is 0 Å². The Balaban J connectivity index is 2.11. The number of nitrogens with zero attached hydrogens (tertiary/aromatic N) is 2. The van der Waals surface area contributed by atoms with Crippen molar-refractivity contribution in [3.63, 3.8) is 0 Å². The second-order valence-electron chi connectivity index (χ2n) is 4.73. The number of anilines is 1. The van der Waals surface area contributed by atoms with Crippen LogP contribution in [0.4, 0.5) is 5.82 Å². The van der Waals surface area contributed by atoms with Gasteiger partial charge in [-0.15, -0.1) is 11.3 Å². The number of aromatic nitrogens is 2. The van der Waals surface area contributed by atoms with Gasteiger partial charge in [0.25, 0.3) is 0 Å². The van der Waals surface area contributed by atoms with Crippen LogP contribution in [0.25, 0.3) is 0 Å². The summed E-state index contributed by atoms with van der Waals surface area (Å²) in [5.74, 6) is 1.66. The van der Waals surface area contributed by atoms with Crippen molar-refractivity contribution in [2.45, 2.75) is 46.6 Å². The molecule has 0 atom stereocenters. The molecule has 108 valence electrons. The van der Waals surface area contributed by atoms with E-state index < -0.39 is 0 Å². The average molecular weight is 310 g/mol. The van der Waals surface area contributed by atoms with E-state index in [4.69, 9.17) is 11.6 Å². The molecule has 0 amide bonds. The molecule has 0 aliphatic heterocycles. The first-order valence-electron chi connectivity index (χ1n) is 6.98. The van der Waals surface area contributed by atoms with Gasteiger partial charge in [0.15, 0.2) is 0 Å². The molecule has 2 aromatic rings. The van der Waals surface area contributed by atoms with Crippen LogP contribution in [-0.4, -0.2) is 9.97 Å². The number of halogens is 1. The molecule has 0 unspecified atom stereocenters. The monoisotopic (exact) mass is 309 g/mol. The highest BCUT2D eigenvalue weighted by atomic mass is 35.5. The molecular weight excluding hydrogens is 290 g/mol. The fourth-order valence-corrected chi connectivity index (χ4v) is 3.00. The third-order valence-electron chi connectivity index (χ3n) is 3.10. The minimum absolute atomic E-state index is 0.548. The maximum atomic E-state index is 6.17. The van der Waals surface area contributed by atoms with Crippen molar-refractivity contribution < 1.29 is 0 Å². The first-order chi connectivity index (χ1) is 9.63. The standard InChI is InChI=1S/C15H20ClN3S/c1-4-6-13-18-14(16)10(3)15(19-13)17-9-12-8-7-11(5-2)20-12/h7-8H,4-6,9H2,1-3H3,(H,17,18,19). The molecule has 0 aliphatic rings. The first kappa shape index (κ1) is 15.3. The Hall–Kier alpha value is -1.13. The summed E-state index contributed by atoms with van der Waals surface area (Å²) in [6.45, 7) is 7.02. The second-order valence-corrected chi connectivity index (χ2v) is 6.34. The second kappa shape index (κ2) is 7.04. The minimum Gasteiger partial charge on any atom is -0.365 e. The number of hydrogen-bond acceptors (Lipinski definition) is 4. The normalized spacial score (nSPS) is 10.8. The Morgan fingerprint density at radius 3 is 2.60 bits per heavy atom. The van der Waals surface area contributed by atoms with Crippen LogP contribution < -0.4 is 5.32 Å². The Kier molecular flexibility index (Phi) is 5.38. The molecule has 1 N–H and O–H groups in total. The van der Waals surface area contributed by atoms with Gasteiger partial charge in [0.1, 0.15) is 16.8 Å². The highest BCUT2D eigenvalue weighted by Gasteiger charge is 2.09. The fraction of sp³-hybridized carbons (Fsp3) is 0.467. The summed E-state index contributed by atoms with van der Waals surface area (Å²) in [5.41, 5.74) is 0.916. The van der Waals surface area contributed by atoms with Crippen LogP contribution >= 0.6 is 22.9 Å². The molecule has 0 saturated carbocycles. The van der Waals surface area contributed by atoms with Gasteiger partial charge in [-0.05, 0) is 31.9 Å². The van der Waals surface area contributed by atoms with E-state index in [1.54, 1.807) is 0 Å². The van der Waals surface area contributed by atoms with Crippen LogP contribution in [0.2, 0.25) is 5.15 Å². The van der Waals surface area contributed by atoms with Crippen molar-refractivity contribution in [3.8, 4) is 0 Å². The van der Waals surface area contributed by atoms with Gasteiger partial charge in [-0.2, -0.15) is 0 Å². The van der Waals surface area contributed by atoms with E-state index in [1.165, 1.54) is 9.75 Å². The summed E-state index contributed by atoms with van der Waals surface area (Å²) < 4.78 is 0. The first-order valence-corrected chi connectivity index (χ1v) is 8.18. The van der Waals surface area contributed by atoms with E-state index in [0.717, 1.165) is 43.0 Å². The van der Waals surface area contributed by atoms with Crippen molar-refractivity contribution in [1.29, 1.82) is 0 Å². The molecule has 0 saturated heterocycles. The molecule has 2 heterocycles. The van der Waals surface area contributed by atoms with Crippen LogP contribution in [0.5, 0.6) is 0 Å². The van der Waals surface area contributed by atoms with E-state index in [1.807, 2.05) is 18.3 Å². The predicted octanol–water partition coefficient (Wildman–Crippen LogP) is 4.63. The van der Waals surface area contributed by atoms with Gasteiger partial charge in [0, 0.05) is 21.7 Å². The Bertz CT molecular complexity index is 580. The minimum atomic E-state index is 0.548. The lowest BCUT2D eigenvalue weighted by molar-refractivity contribution is 0.830. The maximum absolute atomic E-state index is 6.17. The highest BCUT2D eigenvalue weighted by molar-refractivity contribution is 7.12. The van der Waals surface area contributed by atoms with E-state index in [2.05, 4.69) is 41.3 Å². The summed E-state index contributed by atoms with van der Waals surface area (Å²) in [5, 5.41) is 3.93. The molecule has 0 bridgehead atoms. The zero-order chi connectivity index (χ0) is 14.5. The molecule has 0 aliphatic carbocycles. The summed E-state index contributed by atoms with van der Waals surface area (Å²) in [7, 11) is 0. The van der Waals surface area contributed by atoms with Crippen molar-refractivity contribution in [2.75, 3.05) is 5.32 Å².